The topological polar surface area (TPSA) is 131 Å². The quantitative estimate of drug-likeness (QED) is 0.468. The first-order chi connectivity index (χ1) is 11.5. The van der Waals surface area contributed by atoms with Gasteiger partial charge in [0, 0.05) is 13.1 Å². The Morgan fingerprint density at radius 3 is 2.44 bits per heavy atom. The van der Waals surface area contributed by atoms with Crippen LogP contribution in [-0.4, -0.2) is 38.4 Å². The van der Waals surface area contributed by atoms with Crippen molar-refractivity contribution >= 4 is 21.8 Å². The van der Waals surface area contributed by atoms with Gasteiger partial charge in [0.2, 0.25) is 10.0 Å². The molecule has 0 spiro atoms. The van der Waals surface area contributed by atoms with E-state index in [9.17, 15) is 18.4 Å². The monoisotopic (exact) mass is 374 g/mol. The minimum Gasteiger partial charge on any atom is -0.733 e. The summed E-state index contributed by atoms with van der Waals surface area (Å²) >= 11 is 0. The first-order valence-corrected chi connectivity index (χ1v) is 9.23. The van der Waals surface area contributed by atoms with Crippen molar-refractivity contribution in [2.45, 2.75) is 44.1 Å². The maximum atomic E-state index is 12.2. The summed E-state index contributed by atoms with van der Waals surface area (Å²) in [5.41, 5.74) is -0.934. The fraction of sp³-hybridized carbons (Fsp3) is 0.533. The summed E-state index contributed by atoms with van der Waals surface area (Å²) in [5.74, 6) is 0. The zero-order valence-electron chi connectivity index (χ0n) is 14.5. The van der Waals surface area contributed by atoms with Crippen molar-refractivity contribution < 1.29 is 23.2 Å². The average molecular weight is 374 g/mol. The smallest absolute Gasteiger partial charge is 0.407 e. The van der Waals surface area contributed by atoms with E-state index in [1.54, 1.807) is 20.8 Å². The van der Waals surface area contributed by atoms with Gasteiger partial charge in [0.1, 0.15) is 10.5 Å². The number of benzene rings is 1. The molecule has 1 aromatic rings. The predicted molar refractivity (Wildman–Crippen MR) is 92.7 cm³/mol. The van der Waals surface area contributed by atoms with Gasteiger partial charge in [0.05, 0.1) is 5.69 Å². The number of amides is 1. The van der Waals surface area contributed by atoms with E-state index in [1.807, 2.05) is 0 Å². The van der Waals surface area contributed by atoms with E-state index in [-0.39, 0.29) is 17.1 Å². The Morgan fingerprint density at radius 1 is 1.24 bits per heavy atom. The molecule has 0 aliphatic carbocycles. The van der Waals surface area contributed by atoms with E-state index >= 15 is 0 Å². The Morgan fingerprint density at radius 2 is 1.84 bits per heavy atom. The summed E-state index contributed by atoms with van der Waals surface area (Å²) < 4.78 is 31.8. The largest absolute Gasteiger partial charge is 0.733 e. The third-order valence-electron chi connectivity index (χ3n) is 2.92. The number of hydrogen-bond acceptors (Lipinski definition) is 7. The number of rotatable bonds is 8. The van der Waals surface area contributed by atoms with Gasteiger partial charge in [0.15, 0.2) is 0 Å². The molecule has 10 heteroatoms. The van der Waals surface area contributed by atoms with Crippen molar-refractivity contribution in [1.29, 1.82) is 0 Å². The van der Waals surface area contributed by atoms with E-state index in [4.69, 9.17) is 9.94 Å². The number of unbranched alkanes of at least 4 members (excludes halogenated alkanes) is 1. The van der Waals surface area contributed by atoms with Crippen LogP contribution in [0.25, 0.3) is 0 Å². The molecule has 0 radical (unpaired) electrons. The van der Waals surface area contributed by atoms with Crippen LogP contribution < -0.4 is 15.3 Å². The Kier molecular flexibility index (Phi) is 7.61. The SMILES string of the molecule is CC(C)(C)OC(=O)NCCCCNS(=O)(=O)c1ccccc1N([O-])O. The van der Waals surface area contributed by atoms with E-state index in [2.05, 4.69) is 10.0 Å². The van der Waals surface area contributed by atoms with Crippen LogP contribution in [0, 0.1) is 5.21 Å². The summed E-state index contributed by atoms with van der Waals surface area (Å²) in [5, 5.41) is 22.1. The fourth-order valence-electron chi connectivity index (χ4n) is 1.88. The van der Waals surface area contributed by atoms with Crippen molar-refractivity contribution in [2.75, 3.05) is 18.3 Å². The highest BCUT2D eigenvalue weighted by atomic mass is 32.2. The lowest BCUT2D eigenvalue weighted by Gasteiger charge is -2.24. The van der Waals surface area contributed by atoms with Crippen molar-refractivity contribution in [2.24, 2.45) is 0 Å². The number of alkyl carbamates (subject to hydrolysis) is 1. The lowest BCUT2D eigenvalue weighted by Crippen LogP contribution is -2.33. The second-order valence-corrected chi connectivity index (χ2v) is 8.01. The molecule has 0 aromatic heterocycles. The number of anilines is 1. The molecule has 3 N–H and O–H groups in total. The lowest BCUT2D eigenvalue weighted by atomic mass is 10.2. The zero-order valence-corrected chi connectivity index (χ0v) is 15.3. The highest BCUT2D eigenvalue weighted by molar-refractivity contribution is 7.89. The molecular formula is C15H24N3O6S-. The van der Waals surface area contributed by atoms with E-state index in [0.717, 1.165) is 0 Å². The number of nitrogens with one attached hydrogen (secondary N) is 2. The Bertz CT molecular complexity index is 670. The molecule has 0 atom stereocenters. The second-order valence-electron chi connectivity index (χ2n) is 6.27. The van der Waals surface area contributed by atoms with Gasteiger partial charge in [-0.15, -0.1) is 0 Å². The van der Waals surface area contributed by atoms with Gasteiger partial charge >= 0.3 is 6.09 Å². The number of carbonyl (C=O) groups excluding carboxylic acids is 1. The molecule has 0 fully saturated rings. The first-order valence-electron chi connectivity index (χ1n) is 7.74. The van der Waals surface area contributed by atoms with Crippen LogP contribution in [0.4, 0.5) is 10.5 Å². The molecule has 0 saturated carbocycles. The number of sulfonamides is 1. The number of carbonyl (C=O) groups is 1. The van der Waals surface area contributed by atoms with Crippen molar-refractivity contribution in [3.8, 4) is 0 Å². The highest BCUT2D eigenvalue weighted by Crippen LogP contribution is 2.22. The zero-order chi connectivity index (χ0) is 19.1. The normalized spacial score (nSPS) is 11.9. The molecule has 0 saturated heterocycles. The minimum atomic E-state index is -3.93. The molecule has 9 nitrogen and oxygen atoms in total. The van der Waals surface area contributed by atoms with Crippen molar-refractivity contribution in [3.05, 3.63) is 29.5 Å². The van der Waals surface area contributed by atoms with Gasteiger partial charge < -0.3 is 20.5 Å². The van der Waals surface area contributed by atoms with Gasteiger partial charge in [-0.2, -0.15) is 0 Å². The molecule has 0 bridgehead atoms. The standard InChI is InChI=1S/C15H24N3O6S/c1-15(2,3)24-14(19)16-10-6-7-11-17-25(22,23)13-9-5-4-8-12(13)18(20)21/h4-5,8-9,17,20H,6-7,10-11H2,1-3H3,(H,16,19)/q-1. The van der Waals surface area contributed by atoms with Crippen LogP contribution in [0.1, 0.15) is 33.6 Å². The number of para-hydroxylation sites is 1. The Balaban J connectivity index is 2.40. The van der Waals surface area contributed by atoms with Crippen LogP contribution in [0.2, 0.25) is 0 Å². The van der Waals surface area contributed by atoms with Crippen LogP contribution in [0.3, 0.4) is 0 Å². The van der Waals surface area contributed by atoms with E-state index < -0.39 is 26.9 Å². The molecule has 1 amide bonds. The van der Waals surface area contributed by atoms with Crippen molar-refractivity contribution in [3.63, 3.8) is 0 Å². The molecular weight excluding hydrogens is 350 g/mol. The molecule has 0 aliphatic heterocycles. The van der Waals surface area contributed by atoms with Crippen molar-refractivity contribution in [1.82, 2.24) is 10.0 Å². The third kappa shape index (κ3) is 7.69. The molecule has 1 rings (SSSR count). The summed E-state index contributed by atoms with van der Waals surface area (Å²) in [6.07, 6.45) is 0.481. The second kappa shape index (κ2) is 8.99. The molecule has 0 heterocycles. The summed E-state index contributed by atoms with van der Waals surface area (Å²) in [6.45, 7) is 5.74. The van der Waals surface area contributed by atoms with E-state index in [1.165, 1.54) is 24.3 Å². The third-order valence-corrected chi connectivity index (χ3v) is 4.43. The van der Waals surface area contributed by atoms with Gasteiger partial charge in [0.25, 0.3) is 0 Å². The number of nitrogens with zero attached hydrogens (tertiary/aromatic N) is 1. The van der Waals surface area contributed by atoms with Crippen LogP contribution in [0.15, 0.2) is 29.2 Å². The van der Waals surface area contributed by atoms with Gasteiger partial charge in [-0.05, 0) is 45.7 Å². The maximum Gasteiger partial charge on any atom is 0.407 e. The number of hydrogen-bond donors (Lipinski definition) is 3. The molecule has 25 heavy (non-hydrogen) atoms. The molecule has 0 unspecified atom stereocenters. The Hall–Kier alpha value is -1.88. The highest BCUT2D eigenvalue weighted by Gasteiger charge is 2.18. The summed E-state index contributed by atoms with van der Waals surface area (Å²) in [4.78, 5) is 11.1. The van der Waals surface area contributed by atoms with Gasteiger partial charge in [-0.1, -0.05) is 12.1 Å². The summed E-state index contributed by atoms with van der Waals surface area (Å²) in [6, 6.07) is 5.32. The van der Waals surface area contributed by atoms with Crippen LogP contribution in [-0.2, 0) is 14.8 Å². The van der Waals surface area contributed by atoms with Gasteiger partial charge in [-0.25, -0.2) is 17.9 Å². The first kappa shape index (κ1) is 21.2. The van der Waals surface area contributed by atoms with Crippen LogP contribution >= 0.6 is 0 Å². The minimum absolute atomic E-state index is 0.122. The molecule has 0 aliphatic rings. The molecule has 142 valence electrons. The fourth-order valence-corrected chi connectivity index (χ4v) is 3.13. The lowest BCUT2D eigenvalue weighted by molar-refractivity contribution is 0.0527. The van der Waals surface area contributed by atoms with Gasteiger partial charge in [-0.3, -0.25) is 5.21 Å². The predicted octanol–water partition coefficient (Wildman–Crippen LogP) is 1.96. The average Bonchev–Trinajstić information content (AvgIpc) is 2.49. The maximum absolute atomic E-state index is 12.2. The molecule has 1 aromatic carbocycles. The van der Waals surface area contributed by atoms with Crippen LogP contribution in [0.5, 0.6) is 0 Å². The Labute approximate surface area is 147 Å². The van der Waals surface area contributed by atoms with E-state index in [0.29, 0.717) is 19.4 Å². The number of ether oxygens (including phenoxy) is 1. The summed E-state index contributed by atoms with van der Waals surface area (Å²) in [7, 11) is -3.93.